The van der Waals surface area contributed by atoms with Gasteiger partial charge in [-0.2, -0.15) is 0 Å². The monoisotopic (exact) mass is 407 g/mol. The van der Waals surface area contributed by atoms with Crippen LogP contribution in [-0.4, -0.2) is 39.2 Å². The molecule has 3 heterocycles. The number of aromatic nitrogens is 2. The van der Waals surface area contributed by atoms with Crippen LogP contribution >= 0.6 is 15.9 Å². The van der Waals surface area contributed by atoms with Gasteiger partial charge in [0.2, 0.25) is 0 Å². The molecule has 0 saturated carbocycles. The molecule has 1 aliphatic rings. The number of likely N-dealkylation sites (tertiary alicyclic amines) is 1. The molecule has 0 spiro atoms. The molecule has 25 heavy (non-hydrogen) atoms. The van der Waals surface area contributed by atoms with Crippen LogP contribution in [-0.2, 0) is 4.74 Å². The van der Waals surface area contributed by atoms with Gasteiger partial charge in [-0.05, 0) is 74.5 Å². The molecule has 0 radical (unpaired) electrons. The van der Waals surface area contributed by atoms with Crippen LogP contribution in [0.25, 0.3) is 11.0 Å². The smallest absolute Gasteiger partial charge is 0.410 e. The third-order valence-corrected chi connectivity index (χ3v) is 5.01. The number of halogens is 1. The van der Waals surface area contributed by atoms with Crippen molar-refractivity contribution < 1.29 is 9.53 Å². The SMILES string of the molecule is Cc1cn(C2CCCN(C(=O)OC(C)(C)C)CC2)c2ncc(Br)cc12. The first-order chi connectivity index (χ1) is 11.7. The van der Waals surface area contributed by atoms with E-state index in [4.69, 9.17) is 4.74 Å². The van der Waals surface area contributed by atoms with Crippen molar-refractivity contribution >= 4 is 33.1 Å². The Kier molecular flexibility index (Phi) is 5.09. The number of fused-ring (bicyclic) bond motifs is 1. The molecule has 0 N–H and O–H groups in total. The van der Waals surface area contributed by atoms with Gasteiger partial charge in [-0.3, -0.25) is 0 Å². The molecule has 1 saturated heterocycles. The van der Waals surface area contributed by atoms with E-state index >= 15 is 0 Å². The predicted octanol–water partition coefficient (Wildman–Crippen LogP) is 5.07. The maximum Gasteiger partial charge on any atom is 0.410 e. The molecule has 2 aromatic rings. The van der Waals surface area contributed by atoms with E-state index in [-0.39, 0.29) is 6.09 Å². The van der Waals surface area contributed by atoms with E-state index < -0.39 is 5.60 Å². The summed E-state index contributed by atoms with van der Waals surface area (Å²) in [5, 5.41) is 1.18. The van der Waals surface area contributed by atoms with Gasteiger partial charge in [-0.25, -0.2) is 9.78 Å². The summed E-state index contributed by atoms with van der Waals surface area (Å²) >= 11 is 3.50. The van der Waals surface area contributed by atoms with Gasteiger partial charge in [0.15, 0.2) is 0 Å². The maximum absolute atomic E-state index is 12.3. The molecule has 6 heteroatoms. The molecular formula is C19H26BrN3O2. The van der Waals surface area contributed by atoms with E-state index in [0.29, 0.717) is 6.04 Å². The Morgan fingerprint density at radius 3 is 2.80 bits per heavy atom. The van der Waals surface area contributed by atoms with Crippen molar-refractivity contribution in [1.82, 2.24) is 14.5 Å². The van der Waals surface area contributed by atoms with Crippen LogP contribution in [0.4, 0.5) is 4.79 Å². The van der Waals surface area contributed by atoms with E-state index in [1.165, 1.54) is 10.9 Å². The number of nitrogens with zero attached hydrogens (tertiary/aromatic N) is 3. The van der Waals surface area contributed by atoms with Gasteiger partial charge < -0.3 is 14.2 Å². The topological polar surface area (TPSA) is 47.4 Å². The number of ether oxygens (including phenoxy) is 1. The lowest BCUT2D eigenvalue weighted by Gasteiger charge is -2.26. The van der Waals surface area contributed by atoms with E-state index in [1.54, 1.807) is 0 Å². The van der Waals surface area contributed by atoms with Gasteiger partial charge in [0.25, 0.3) is 0 Å². The average molecular weight is 408 g/mol. The number of pyridine rings is 1. The van der Waals surface area contributed by atoms with Crippen molar-refractivity contribution in [2.45, 2.75) is 58.6 Å². The van der Waals surface area contributed by atoms with Crippen molar-refractivity contribution in [3.8, 4) is 0 Å². The molecule has 1 fully saturated rings. The third-order valence-electron chi connectivity index (χ3n) is 4.58. The summed E-state index contributed by atoms with van der Waals surface area (Å²) in [6, 6.07) is 2.48. The zero-order valence-electron chi connectivity index (χ0n) is 15.4. The molecule has 1 unspecified atom stereocenters. The predicted molar refractivity (Wildman–Crippen MR) is 103 cm³/mol. The normalized spacial score (nSPS) is 19.1. The molecule has 1 aliphatic heterocycles. The Morgan fingerprint density at radius 2 is 2.08 bits per heavy atom. The van der Waals surface area contributed by atoms with Crippen molar-refractivity contribution in [2.75, 3.05) is 13.1 Å². The summed E-state index contributed by atoms with van der Waals surface area (Å²) in [5.41, 5.74) is 1.81. The number of hydrogen-bond acceptors (Lipinski definition) is 3. The lowest BCUT2D eigenvalue weighted by molar-refractivity contribution is 0.0255. The first-order valence-electron chi connectivity index (χ1n) is 8.85. The number of hydrogen-bond donors (Lipinski definition) is 0. The zero-order chi connectivity index (χ0) is 18.2. The summed E-state index contributed by atoms with van der Waals surface area (Å²) in [5.74, 6) is 0. The summed E-state index contributed by atoms with van der Waals surface area (Å²) in [6.07, 6.45) is 6.77. The lowest BCUT2D eigenvalue weighted by Crippen LogP contribution is -2.37. The van der Waals surface area contributed by atoms with Crippen molar-refractivity contribution in [1.29, 1.82) is 0 Å². The molecule has 2 aromatic heterocycles. The van der Waals surface area contributed by atoms with Gasteiger partial charge in [0.05, 0.1) is 0 Å². The first kappa shape index (κ1) is 18.2. The molecule has 3 rings (SSSR count). The standard InChI is InChI=1S/C19H26BrN3O2/c1-13-12-23(17-16(13)10-14(20)11-21-17)15-6-5-8-22(9-7-15)18(24)25-19(2,3)4/h10-12,15H,5-9H2,1-4H3. The second kappa shape index (κ2) is 6.98. The Bertz CT molecular complexity index is 779. The largest absolute Gasteiger partial charge is 0.444 e. The van der Waals surface area contributed by atoms with Gasteiger partial charge in [-0.1, -0.05) is 0 Å². The van der Waals surface area contributed by atoms with Gasteiger partial charge in [-0.15, -0.1) is 0 Å². The van der Waals surface area contributed by atoms with Crippen molar-refractivity contribution in [2.24, 2.45) is 0 Å². The molecular weight excluding hydrogens is 382 g/mol. The molecule has 1 amide bonds. The lowest BCUT2D eigenvalue weighted by atomic mass is 10.1. The Balaban J connectivity index is 1.77. The Morgan fingerprint density at radius 1 is 1.32 bits per heavy atom. The van der Waals surface area contributed by atoms with Crippen molar-refractivity contribution in [3.63, 3.8) is 0 Å². The third kappa shape index (κ3) is 4.17. The highest BCUT2D eigenvalue weighted by Gasteiger charge is 2.26. The molecule has 5 nitrogen and oxygen atoms in total. The number of aryl methyl sites for hydroxylation is 1. The molecule has 1 atom stereocenters. The van der Waals surface area contributed by atoms with Crippen LogP contribution < -0.4 is 0 Å². The quantitative estimate of drug-likeness (QED) is 0.662. The fraction of sp³-hybridized carbons (Fsp3) is 0.579. The fourth-order valence-corrected chi connectivity index (χ4v) is 3.74. The Hall–Kier alpha value is -1.56. The van der Waals surface area contributed by atoms with Crippen LogP contribution in [0.5, 0.6) is 0 Å². The highest BCUT2D eigenvalue weighted by atomic mass is 79.9. The number of rotatable bonds is 1. The summed E-state index contributed by atoms with van der Waals surface area (Å²) in [4.78, 5) is 18.8. The maximum atomic E-state index is 12.3. The van der Waals surface area contributed by atoms with Crippen LogP contribution in [0, 0.1) is 6.92 Å². The van der Waals surface area contributed by atoms with E-state index in [1.807, 2.05) is 31.9 Å². The van der Waals surface area contributed by atoms with E-state index in [0.717, 1.165) is 42.5 Å². The molecule has 0 aromatic carbocycles. The van der Waals surface area contributed by atoms with Crippen LogP contribution in [0.2, 0.25) is 0 Å². The summed E-state index contributed by atoms with van der Waals surface area (Å²) in [6.45, 7) is 9.31. The first-order valence-corrected chi connectivity index (χ1v) is 9.64. The highest BCUT2D eigenvalue weighted by molar-refractivity contribution is 9.10. The highest BCUT2D eigenvalue weighted by Crippen LogP contribution is 2.30. The Labute approximate surface area is 157 Å². The fourth-order valence-electron chi connectivity index (χ4n) is 3.41. The van der Waals surface area contributed by atoms with Crippen LogP contribution in [0.3, 0.4) is 0 Å². The molecule has 136 valence electrons. The minimum atomic E-state index is -0.451. The molecule has 0 aliphatic carbocycles. The van der Waals surface area contributed by atoms with E-state index in [2.05, 4.69) is 44.7 Å². The number of amides is 1. The summed E-state index contributed by atoms with van der Waals surface area (Å²) in [7, 11) is 0. The summed E-state index contributed by atoms with van der Waals surface area (Å²) < 4.78 is 8.81. The van der Waals surface area contributed by atoms with Crippen molar-refractivity contribution in [3.05, 3.63) is 28.5 Å². The van der Waals surface area contributed by atoms with E-state index in [9.17, 15) is 4.79 Å². The van der Waals surface area contributed by atoms with Gasteiger partial charge >= 0.3 is 6.09 Å². The second-order valence-corrected chi connectivity index (χ2v) is 8.71. The van der Waals surface area contributed by atoms with Crippen LogP contribution in [0.15, 0.2) is 22.9 Å². The minimum Gasteiger partial charge on any atom is -0.444 e. The average Bonchev–Trinajstić information content (AvgIpc) is 2.71. The van der Waals surface area contributed by atoms with Gasteiger partial charge in [0, 0.05) is 41.4 Å². The number of carbonyl (C=O) groups is 1. The molecule has 0 bridgehead atoms. The number of carbonyl (C=O) groups excluding carboxylic acids is 1. The van der Waals surface area contributed by atoms with Gasteiger partial charge in [0.1, 0.15) is 11.2 Å². The van der Waals surface area contributed by atoms with Crippen LogP contribution in [0.1, 0.15) is 51.6 Å². The minimum absolute atomic E-state index is 0.205. The second-order valence-electron chi connectivity index (χ2n) is 7.80. The zero-order valence-corrected chi connectivity index (χ0v) is 17.0.